The topological polar surface area (TPSA) is 119 Å². The number of rotatable bonds is 7. The van der Waals surface area contributed by atoms with Crippen LogP contribution in [0.1, 0.15) is 50.6 Å². The van der Waals surface area contributed by atoms with Crippen LogP contribution < -0.4 is 15.7 Å². The molecule has 9 nitrogen and oxygen atoms in total. The summed E-state index contributed by atoms with van der Waals surface area (Å²) >= 11 is 1.39. The van der Waals surface area contributed by atoms with Crippen LogP contribution in [0.5, 0.6) is 6.01 Å². The molecular weight excluding hydrogens is 380 g/mol. The molecule has 3 heterocycles. The number of anilines is 2. The summed E-state index contributed by atoms with van der Waals surface area (Å²) in [6.07, 6.45) is 7.88. The van der Waals surface area contributed by atoms with Crippen LogP contribution >= 0.6 is 11.3 Å². The minimum Gasteiger partial charge on any atom is -0.463 e. The molecule has 0 amide bonds. The van der Waals surface area contributed by atoms with Crippen molar-refractivity contribution in [3.8, 4) is 6.01 Å². The fourth-order valence-corrected chi connectivity index (χ4v) is 2.79. The number of thiazole rings is 1. The van der Waals surface area contributed by atoms with Gasteiger partial charge < -0.3 is 14.5 Å². The lowest BCUT2D eigenvalue weighted by Gasteiger charge is -2.12. The molecule has 0 spiro atoms. The molecule has 0 bridgehead atoms. The smallest absolute Gasteiger partial charge is 0.352 e. The summed E-state index contributed by atoms with van der Waals surface area (Å²) in [7, 11) is 0. The largest absolute Gasteiger partial charge is 0.463 e. The van der Waals surface area contributed by atoms with Crippen molar-refractivity contribution < 1.29 is 9.15 Å². The highest BCUT2D eigenvalue weighted by Crippen LogP contribution is 2.25. The van der Waals surface area contributed by atoms with Crippen LogP contribution in [0, 0.1) is 0 Å². The predicted octanol–water partition coefficient (Wildman–Crippen LogP) is 3.61. The number of aromatic amines is 1. The molecule has 3 aromatic heterocycles. The van der Waals surface area contributed by atoms with Gasteiger partial charge >= 0.3 is 11.7 Å². The third kappa shape index (κ3) is 5.26. The average Bonchev–Trinajstić information content (AvgIpc) is 3.26. The molecule has 2 N–H and O–H groups in total. The number of hydrogen-bond donors (Lipinski definition) is 2. The van der Waals surface area contributed by atoms with Crippen LogP contribution in [0.2, 0.25) is 0 Å². The van der Waals surface area contributed by atoms with E-state index in [0.29, 0.717) is 17.6 Å². The van der Waals surface area contributed by atoms with Crippen LogP contribution in [0.25, 0.3) is 12.2 Å². The van der Waals surface area contributed by atoms with E-state index in [-0.39, 0.29) is 17.4 Å². The first-order valence-electron chi connectivity index (χ1n) is 8.82. The maximum absolute atomic E-state index is 11.6. The third-order valence-electron chi connectivity index (χ3n) is 3.47. The molecule has 0 unspecified atom stereocenters. The Bertz CT molecular complexity index is 1010. The van der Waals surface area contributed by atoms with Gasteiger partial charge in [0.1, 0.15) is 5.76 Å². The van der Waals surface area contributed by atoms with E-state index in [1.807, 2.05) is 13.0 Å². The zero-order valence-corrected chi connectivity index (χ0v) is 17.0. The number of hydrogen-bond acceptors (Lipinski definition) is 9. The summed E-state index contributed by atoms with van der Waals surface area (Å²) in [4.78, 5) is 31.3. The first kappa shape index (κ1) is 19.7. The first-order chi connectivity index (χ1) is 13.3. The van der Waals surface area contributed by atoms with E-state index in [1.54, 1.807) is 18.5 Å². The zero-order valence-electron chi connectivity index (χ0n) is 16.1. The quantitative estimate of drug-likeness (QED) is 0.615. The summed E-state index contributed by atoms with van der Waals surface area (Å²) in [6.45, 7) is 8.60. The van der Waals surface area contributed by atoms with Crippen molar-refractivity contribution in [2.45, 2.75) is 39.5 Å². The Morgan fingerprint density at radius 3 is 2.79 bits per heavy atom. The van der Waals surface area contributed by atoms with Crippen LogP contribution in [-0.2, 0) is 5.41 Å². The predicted molar refractivity (Wildman–Crippen MR) is 108 cm³/mol. The summed E-state index contributed by atoms with van der Waals surface area (Å²) in [6, 6.07) is 0.0309. The Hall–Kier alpha value is -3.01. The van der Waals surface area contributed by atoms with E-state index >= 15 is 0 Å². The van der Waals surface area contributed by atoms with Crippen LogP contribution in [0.15, 0.2) is 21.6 Å². The summed E-state index contributed by atoms with van der Waals surface area (Å²) in [5.74, 6) is 1.58. The molecular formula is C18H22N6O3S. The maximum Gasteiger partial charge on any atom is 0.352 e. The van der Waals surface area contributed by atoms with E-state index in [4.69, 9.17) is 9.15 Å². The van der Waals surface area contributed by atoms with Gasteiger partial charge in [-0.15, -0.1) is 4.98 Å². The summed E-state index contributed by atoms with van der Waals surface area (Å²) in [5, 5.41) is 3.52. The number of H-pyrrole nitrogens is 1. The number of aromatic nitrogens is 5. The molecule has 3 aromatic rings. The van der Waals surface area contributed by atoms with Crippen LogP contribution in [-0.4, -0.2) is 31.5 Å². The van der Waals surface area contributed by atoms with Crippen molar-refractivity contribution in [3.63, 3.8) is 0 Å². The van der Waals surface area contributed by atoms with Gasteiger partial charge in [0, 0.05) is 22.6 Å². The molecule has 0 atom stereocenters. The number of ether oxygens (including phenoxy) is 1. The van der Waals surface area contributed by atoms with Gasteiger partial charge in [-0.05, 0) is 12.5 Å². The Balaban J connectivity index is 1.68. The van der Waals surface area contributed by atoms with Crippen molar-refractivity contribution in [3.05, 3.63) is 39.4 Å². The van der Waals surface area contributed by atoms with Crippen LogP contribution in [0.3, 0.4) is 0 Å². The molecule has 0 aliphatic carbocycles. The van der Waals surface area contributed by atoms with Crippen molar-refractivity contribution in [1.82, 2.24) is 24.9 Å². The molecule has 0 aromatic carbocycles. The van der Waals surface area contributed by atoms with Gasteiger partial charge in [-0.3, -0.25) is 4.98 Å². The Morgan fingerprint density at radius 1 is 1.25 bits per heavy atom. The highest BCUT2D eigenvalue weighted by molar-refractivity contribution is 7.16. The molecule has 3 rings (SSSR count). The van der Waals surface area contributed by atoms with Gasteiger partial charge in [-0.1, -0.05) is 39.0 Å². The molecule has 0 saturated heterocycles. The van der Waals surface area contributed by atoms with E-state index < -0.39 is 5.69 Å². The van der Waals surface area contributed by atoms with E-state index in [2.05, 4.69) is 51.0 Å². The van der Waals surface area contributed by atoms with Crippen molar-refractivity contribution in [2.24, 2.45) is 0 Å². The molecule has 0 radical (unpaired) electrons. The standard InChI is InChI=1S/C18H22N6O3S/c1-5-8-26-16-22-14(21-15(25)24-16)23-17-20-9-11(28-17)6-7-13-19-10-12(27-13)18(2,3)4/h6-7,9-10H,5,8H2,1-4H3,(H2,20,21,22,23,24,25)/b7-6+. The molecule has 148 valence electrons. The lowest BCUT2D eigenvalue weighted by Crippen LogP contribution is -2.16. The molecule has 10 heteroatoms. The van der Waals surface area contributed by atoms with Crippen LogP contribution in [0.4, 0.5) is 11.1 Å². The molecule has 28 heavy (non-hydrogen) atoms. The Morgan fingerprint density at radius 2 is 2.07 bits per heavy atom. The number of oxazole rings is 1. The van der Waals surface area contributed by atoms with Crippen molar-refractivity contribution in [1.29, 1.82) is 0 Å². The summed E-state index contributed by atoms with van der Waals surface area (Å²) in [5.41, 5.74) is -0.631. The maximum atomic E-state index is 11.6. The third-order valence-corrected chi connectivity index (χ3v) is 4.35. The summed E-state index contributed by atoms with van der Waals surface area (Å²) < 4.78 is 11.0. The average molecular weight is 402 g/mol. The van der Waals surface area contributed by atoms with Gasteiger partial charge in [0.25, 0.3) is 0 Å². The lowest BCUT2D eigenvalue weighted by molar-refractivity contribution is 0.290. The van der Waals surface area contributed by atoms with Crippen molar-refractivity contribution in [2.75, 3.05) is 11.9 Å². The normalized spacial score (nSPS) is 11.9. The molecule has 0 saturated carbocycles. The Kier molecular flexibility index (Phi) is 5.88. The SMILES string of the molecule is CCCOc1nc(Nc2ncc(/C=C/c3ncc(C(C)(C)C)o3)s2)[nH]c(=O)n1. The van der Waals surface area contributed by atoms with Gasteiger partial charge in [0.2, 0.25) is 11.8 Å². The number of nitrogens with one attached hydrogen (secondary N) is 2. The number of nitrogens with zero attached hydrogens (tertiary/aromatic N) is 4. The fraction of sp³-hybridized carbons (Fsp3) is 0.389. The van der Waals surface area contributed by atoms with E-state index in [1.165, 1.54) is 11.3 Å². The van der Waals surface area contributed by atoms with E-state index in [0.717, 1.165) is 17.1 Å². The highest BCUT2D eigenvalue weighted by Gasteiger charge is 2.18. The Labute approximate surface area is 165 Å². The lowest BCUT2D eigenvalue weighted by atomic mass is 9.94. The minimum atomic E-state index is -0.543. The van der Waals surface area contributed by atoms with Gasteiger partial charge in [-0.25, -0.2) is 14.8 Å². The second-order valence-electron chi connectivity index (χ2n) is 6.97. The molecule has 0 aliphatic rings. The second kappa shape index (κ2) is 8.34. The molecule has 0 fully saturated rings. The van der Waals surface area contributed by atoms with Gasteiger partial charge in [0.15, 0.2) is 5.13 Å². The minimum absolute atomic E-state index is 0.0309. The van der Waals surface area contributed by atoms with Gasteiger partial charge in [0.05, 0.1) is 12.8 Å². The van der Waals surface area contributed by atoms with E-state index in [9.17, 15) is 4.79 Å². The highest BCUT2D eigenvalue weighted by atomic mass is 32.1. The monoisotopic (exact) mass is 402 g/mol. The molecule has 0 aliphatic heterocycles. The first-order valence-corrected chi connectivity index (χ1v) is 9.63. The fourth-order valence-electron chi connectivity index (χ4n) is 2.07. The van der Waals surface area contributed by atoms with Gasteiger partial charge in [-0.2, -0.15) is 4.98 Å². The zero-order chi connectivity index (χ0) is 20.1. The second-order valence-corrected chi connectivity index (χ2v) is 8.03. The van der Waals surface area contributed by atoms with Crippen molar-refractivity contribution >= 4 is 34.6 Å².